The van der Waals surface area contributed by atoms with Crippen molar-refractivity contribution >= 4 is 39.5 Å². The molecule has 0 unspecified atom stereocenters. The predicted molar refractivity (Wildman–Crippen MR) is 84.1 cm³/mol. The Labute approximate surface area is 127 Å². The van der Waals surface area contributed by atoms with Gasteiger partial charge in [-0.3, -0.25) is 0 Å². The number of pyridine rings is 1. The van der Waals surface area contributed by atoms with E-state index in [0.717, 1.165) is 21.0 Å². The third-order valence-electron chi connectivity index (χ3n) is 4.32. The topological polar surface area (TPSA) is 36.3 Å². The van der Waals surface area contributed by atoms with E-state index in [2.05, 4.69) is 54.7 Å². The van der Waals surface area contributed by atoms with Crippen molar-refractivity contribution in [2.45, 2.75) is 38.9 Å². The van der Waals surface area contributed by atoms with Crippen LogP contribution in [-0.2, 0) is 16.4 Å². The van der Waals surface area contributed by atoms with E-state index in [-0.39, 0.29) is 18.3 Å². The zero-order valence-corrected chi connectivity index (χ0v) is 14.0. The average molecular weight is 337 g/mol. The molecule has 0 saturated carbocycles. The molecule has 0 amide bonds. The number of aromatic nitrogens is 2. The Balaban J connectivity index is 2.10. The number of halogens is 1. The van der Waals surface area contributed by atoms with E-state index >= 15 is 0 Å². The van der Waals surface area contributed by atoms with Crippen LogP contribution in [-0.4, -0.2) is 27.9 Å². The summed E-state index contributed by atoms with van der Waals surface area (Å²) >= 11 is 3.48. The van der Waals surface area contributed by atoms with E-state index in [1.165, 1.54) is 0 Å². The third-order valence-corrected chi connectivity index (χ3v) is 4.75. The maximum Gasteiger partial charge on any atom is 0.497 e. The van der Waals surface area contributed by atoms with Gasteiger partial charge in [0.25, 0.3) is 0 Å². The molecule has 1 fully saturated rings. The van der Waals surface area contributed by atoms with E-state index in [1.807, 2.05) is 17.8 Å². The first-order chi connectivity index (χ1) is 9.21. The minimum Gasteiger partial charge on any atom is -0.399 e. The van der Waals surface area contributed by atoms with Gasteiger partial charge in [0.2, 0.25) is 0 Å². The first-order valence-corrected chi connectivity index (χ1v) is 7.47. The van der Waals surface area contributed by atoms with Gasteiger partial charge >= 0.3 is 7.12 Å². The Kier molecular flexibility index (Phi) is 3.05. The molecule has 3 heterocycles. The minimum absolute atomic E-state index is 0.334. The molecule has 20 heavy (non-hydrogen) atoms. The van der Waals surface area contributed by atoms with Crippen LogP contribution in [0.2, 0.25) is 0 Å². The first-order valence-electron chi connectivity index (χ1n) is 6.67. The van der Waals surface area contributed by atoms with Gasteiger partial charge in [0, 0.05) is 34.8 Å². The van der Waals surface area contributed by atoms with Gasteiger partial charge in [0.05, 0.1) is 11.2 Å². The largest absolute Gasteiger partial charge is 0.497 e. The van der Waals surface area contributed by atoms with Crippen LogP contribution in [0.4, 0.5) is 0 Å². The molecule has 1 aliphatic heterocycles. The van der Waals surface area contributed by atoms with E-state index in [9.17, 15) is 0 Å². The Hall–Kier alpha value is -0.845. The summed E-state index contributed by atoms with van der Waals surface area (Å²) in [7, 11) is 1.62. The number of hydrogen-bond acceptors (Lipinski definition) is 3. The molecule has 0 bridgehead atoms. The molecule has 1 saturated heterocycles. The van der Waals surface area contributed by atoms with Gasteiger partial charge in [-0.05, 0) is 49.7 Å². The van der Waals surface area contributed by atoms with Gasteiger partial charge in [-0.2, -0.15) is 0 Å². The Bertz CT molecular complexity index is 665. The van der Waals surface area contributed by atoms with Gasteiger partial charge in [-0.15, -0.1) is 0 Å². The summed E-state index contributed by atoms with van der Waals surface area (Å²) in [6.45, 7) is 8.25. The van der Waals surface area contributed by atoms with E-state index < -0.39 is 0 Å². The van der Waals surface area contributed by atoms with E-state index in [0.29, 0.717) is 0 Å². The monoisotopic (exact) mass is 336 g/mol. The van der Waals surface area contributed by atoms with Crippen LogP contribution < -0.4 is 5.46 Å². The second-order valence-electron chi connectivity index (χ2n) is 6.31. The summed E-state index contributed by atoms with van der Waals surface area (Å²) in [6, 6.07) is 2.06. The molecule has 6 heteroatoms. The van der Waals surface area contributed by atoms with Crippen LogP contribution in [0.3, 0.4) is 0 Å². The van der Waals surface area contributed by atoms with Crippen LogP contribution >= 0.6 is 15.9 Å². The van der Waals surface area contributed by atoms with Crippen molar-refractivity contribution < 1.29 is 9.31 Å². The quantitative estimate of drug-likeness (QED) is 0.751. The summed E-state index contributed by atoms with van der Waals surface area (Å²) in [5, 5.41) is 1.06. The predicted octanol–water partition coefficient (Wildman–Crippen LogP) is 2.64. The van der Waals surface area contributed by atoms with Crippen molar-refractivity contribution in [3.8, 4) is 0 Å². The maximum absolute atomic E-state index is 6.13. The van der Waals surface area contributed by atoms with Crippen molar-refractivity contribution in [1.82, 2.24) is 9.55 Å². The standard InChI is InChI=1S/C14H18BBrN2O2/c1-13(2)14(3,4)20-15(19-13)11-8-18(5)12-10(11)6-9(16)7-17-12/h6-8H,1-5H3. The smallest absolute Gasteiger partial charge is 0.399 e. The highest BCUT2D eigenvalue weighted by Crippen LogP contribution is 2.37. The molecule has 4 nitrogen and oxygen atoms in total. The lowest BCUT2D eigenvalue weighted by atomic mass is 9.79. The average Bonchev–Trinajstić information content (AvgIpc) is 2.74. The lowest BCUT2D eigenvalue weighted by molar-refractivity contribution is 0.00578. The van der Waals surface area contributed by atoms with Crippen molar-refractivity contribution in [2.24, 2.45) is 7.05 Å². The highest BCUT2D eigenvalue weighted by Gasteiger charge is 2.52. The molecule has 1 aliphatic rings. The van der Waals surface area contributed by atoms with Crippen molar-refractivity contribution in [1.29, 1.82) is 0 Å². The fourth-order valence-corrected chi connectivity index (χ4v) is 2.75. The molecular formula is C14H18BBrN2O2. The molecule has 2 aromatic rings. The second kappa shape index (κ2) is 4.32. The van der Waals surface area contributed by atoms with Crippen LogP contribution in [0.1, 0.15) is 27.7 Å². The second-order valence-corrected chi connectivity index (χ2v) is 7.22. The van der Waals surface area contributed by atoms with Gasteiger partial charge in [0.15, 0.2) is 0 Å². The molecule has 0 spiro atoms. The number of hydrogen-bond donors (Lipinski definition) is 0. The Morgan fingerprint density at radius 3 is 2.40 bits per heavy atom. The van der Waals surface area contributed by atoms with Crippen molar-refractivity contribution in [2.75, 3.05) is 0 Å². The van der Waals surface area contributed by atoms with Gasteiger partial charge in [0.1, 0.15) is 5.65 Å². The molecule has 106 valence electrons. The fraction of sp³-hybridized carbons (Fsp3) is 0.500. The molecule has 2 aromatic heterocycles. The summed E-state index contributed by atoms with van der Waals surface area (Å²) in [6.07, 6.45) is 3.84. The SMILES string of the molecule is Cn1cc(B2OC(C)(C)C(C)(C)O2)c2cc(Br)cnc21. The fourth-order valence-electron chi connectivity index (χ4n) is 2.42. The number of fused-ring (bicyclic) bond motifs is 1. The summed E-state index contributed by atoms with van der Waals surface area (Å²) < 4.78 is 15.2. The van der Waals surface area contributed by atoms with Crippen LogP contribution in [0, 0.1) is 0 Å². The molecular weight excluding hydrogens is 319 g/mol. The lowest BCUT2D eigenvalue weighted by Crippen LogP contribution is -2.41. The molecule has 0 aromatic carbocycles. The van der Waals surface area contributed by atoms with Crippen molar-refractivity contribution in [3.05, 3.63) is 22.9 Å². The Morgan fingerprint density at radius 2 is 1.80 bits per heavy atom. The molecule has 0 atom stereocenters. The van der Waals surface area contributed by atoms with E-state index in [1.54, 1.807) is 6.20 Å². The normalized spacial score (nSPS) is 20.8. The zero-order valence-electron chi connectivity index (χ0n) is 12.4. The van der Waals surface area contributed by atoms with Crippen molar-refractivity contribution in [3.63, 3.8) is 0 Å². The number of nitrogens with zero attached hydrogens (tertiary/aromatic N) is 2. The van der Waals surface area contributed by atoms with Crippen LogP contribution in [0.5, 0.6) is 0 Å². The first kappa shape index (κ1) is 14.1. The molecule has 0 radical (unpaired) electrons. The van der Waals surface area contributed by atoms with Gasteiger partial charge in [-0.25, -0.2) is 4.98 Å². The molecule has 0 N–H and O–H groups in total. The van der Waals surface area contributed by atoms with Crippen LogP contribution in [0.15, 0.2) is 22.9 Å². The van der Waals surface area contributed by atoms with Crippen LogP contribution in [0.25, 0.3) is 11.0 Å². The summed E-state index contributed by atoms with van der Waals surface area (Å²) in [4.78, 5) is 4.45. The molecule has 3 rings (SSSR count). The Morgan fingerprint density at radius 1 is 1.20 bits per heavy atom. The van der Waals surface area contributed by atoms with Gasteiger partial charge in [-0.1, -0.05) is 0 Å². The summed E-state index contributed by atoms with van der Waals surface area (Å²) in [5.41, 5.74) is 1.28. The maximum atomic E-state index is 6.13. The highest BCUT2D eigenvalue weighted by atomic mass is 79.9. The highest BCUT2D eigenvalue weighted by molar-refractivity contribution is 9.10. The van der Waals surface area contributed by atoms with Gasteiger partial charge < -0.3 is 13.9 Å². The summed E-state index contributed by atoms with van der Waals surface area (Å²) in [5.74, 6) is 0. The van der Waals surface area contributed by atoms with E-state index in [4.69, 9.17) is 9.31 Å². The number of aryl methyl sites for hydroxylation is 1. The third kappa shape index (κ3) is 2.01. The minimum atomic E-state index is -0.361. The lowest BCUT2D eigenvalue weighted by Gasteiger charge is -2.32. The number of rotatable bonds is 1. The molecule has 0 aliphatic carbocycles. The zero-order chi connectivity index (χ0) is 14.7.